The first-order valence-electron chi connectivity index (χ1n) is 12.8. The molecule has 0 aliphatic rings. The molecule has 1 aromatic heterocycles. The normalized spacial score (nSPS) is 13.6. The summed E-state index contributed by atoms with van der Waals surface area (Å²) in [5.41, 5.74) is 2.04. The van der Waals surface area contributed by atoms with Gasteiger partial charge in [0.15, 0.2) is 0 Å². The fourth-order valence-electron chi connectivity index (χ4n) is 4.00. The van der Waals surface area contributed by atoms with E-state index < -0.39 is 36.0 Å². The smallest absolute Gasteiger partial charge is 0.407 e. The van der Waals surface area contributed by atoms with Crippen LogP contribution < -0.4 is 10.6 Å². The predicted octanol–water partition coefficient (Wildman–Crippen LogP) is 4.81. The Hall–Kier alpha value is -3.91. The van der Waals surface area contributed by atoms with E-state index in [0.717, 1.165) is 16.7 Å². The molecule has 0 radical (unpaired) electrons. The van der Waals surface area contributed by atoms with Crippen LogP contribution >= 0.6 is 0 Å². The van der Waals surface area contributed by atoms with Crippen LogP contribution in [0.3, 0.4) is 0 Å². The number of amides is 2. The van der Waals surface area contributed by atoms with Gasteiger partial charge < -0.3 is 25.2 Å². The van der Waals surface area contributed by atoms with Crippen LogP contribution in [0.1, 0.15) is 43.9 Å². The Labute approximate surface area is 224 Å². The van der Waals surface area contributed by atoms with E-state index in [-0.39, 0.29) is 13.0 Å². The van der Waals surface area contributed by atoms with Crippen LogP contribution in [0.5, 0.6) is 0 Å². The summed E-state index contributed by atoms with van der Waals surface area (Å²) in [7, 11) is 0. The lowest BCUT2D eigenvalue weighted by atomic mass is 9.94. The number of hydrogen-bond acceptors (Lipinski definition) is 6. The van der Waals surface area contributed by atoms with Gasteiger partial charge in [-0.05, 0) is 57.2 Å². The zero-order valence-corrected chi connectivity index (χ0v) is 22.2. The van der Waals surface area contributed by atoms with Crippen molar-refractivity contribution >= 4 is 12.2 Å². The molecule has 0 spiro atoms. The number of nitrogens with zero attached hydrogens (tertiary/aromatic N) is 1. The number of aromatic nitrogens is 1. The number of carbonyl (C=O) groups is 2. The highest BCUT2D eigenvalue weighted by molar-refractivity contribution is 5.68. The van der Waals surface area contributed by atoms with Crippen molar-refractivity contribution < 1.29 is 24.2 Å². The molecule has 2 amide bonds. The van der Waals surface area contributed by atoms with Gasteiger partial charge in [-0.15, -0.1) is 0 Å². The van der Waals surface area contributed by atoms with Gasteiger partial charge in [0.25, 0.3) is 0 Å². The van der Waals surface area contributed by atoms with E-state index in [1.165, 1.54) is 0 Å². The van der Waals surface area contributed by atoms with Crippen LogP contribution in [0.4, 0.5) is 9.59 Å². The van der Waals surface area contributed by atoms with E-state index in [4.69, 9.17) is 9.47 Å². The van der Waals surface area contributed by atoms with Gasteiger partial charge in [0.1, 0.15) is 12.2 Å². The second kappa shape index (κ2) is 14.1. The first-order valence-corrected chi connectivity index (χ1v) is 12.8. The Bertz CT molecular complexity index is 1120. The van der Waals surface area contributed by atoms with Gasteiger partial charge in [-0.25, -0.2) is 9.59 Å². The molecule has 3 atom stereocenters. The highest BCUT2D eigenvalue weighted by atomic mass is 16.6. The van der Waals surface area contributed by atoms with Gasteiger partial charge in [0.05, 0.1) is 12.1 Å². The Morgan fingerprint density at radius 2 is 1.45 bits per heavy atom. The monoisotopic (exact) mass is 519 g/mol. The van der Waals surface area contributed by atoms with Gasteiger partial charge in [0, 0.05) is 24.0 Å². The van der Waals surface area contributed by atoms with Gasteiger partial charge in [0.2, 0.25) is 0 Å². The van der Waals surface area contributed by atoms with Gasteiger partial charge in [-0.1, -0.05) is 66.7 Å². The molecule has 8 nitrogen and oxygen atoms in total. The fourth-order valence-corrected chi connectivity index (χ4v) is 4.00. The quantitative estimate of drug-likeness (QED) is 0.336. The molecule has 3 N–H and O–H groups in total. The summed E-state index contributed by atoms with van der Waals surface area (Å²) in [5, 5.41) is 17.0. The zero-order valence-electron chi connectivity index (χ0n) is 22.2. The number of pyridine rings is 1. The highest BCUT2D eigenvalue weighted by Gasteiger charge is 2.28. The maximum atomic E-state index is 12.7. The molecule has 8 heteroatoms. The first kappa shape index (κ1) is 28.7. The first-order chi connectivity index (χ1) is 18.2. The molecule has 0 aliphatic carbocycles. The molecule has 38 heavy (non-hydrogen) atoms. The third kappa shape index (κ3) is 10.6. The SMILES string of the molecule is CC(C)(C)OC(=O)N[C@@H](Cc1ccccc1)[C@@H](O)C[C@H](Cc1ccccc1)NC(=O)OCc1cccnc1. The summed E-state index contributed by atoms with van der Waals surface area (Å²) < 4.78 is 10.8. The predicted molar refractivity (Wildman–Crippen MR) is 145 cm³/mol. The maximum Gasteiger partial charge on any atom is 0.407 e. The minimum absolute atomic E-state index is 0.0805. The van der Waals surface area contributed by atoms with Crippen LogP contribution in [0, 0.1) is 0 Å². The number of ether oxygens (including phenoxy) is 2. The van der Waals surface area contributed by atoms with Gasteiger partial charge in [-0.3, -0.25) is 4.98 Å². The van der Waals surface area contributed by atoms with Crippen LogP contribution in [0.15, 0.2) is 85.2 Å². The van der Waals surface area contributed by atoms with Crippen molar-refractivity contribution in [3.63, 3.8) is 0 Å². The van der Waals surface area contributed by atoms with E-state index >= 15 is 0 Å². The second-order valence-electron chi connectivity index (χ2n) is 10.2. The third-order valence-corrected chi connectivity index (χ3v) is 5.73. The number of aliphatic hydroxyl groups is 1. The number of alkyl carbamates (subject to hydrolysis) is 2. The minimum Gasteiger partial charge on any atom is -0.445 e. The lowest BCUT2D eigenvalue weighted by Crippen LogP contribution is -2.49. The number of hydrogen-bond donors (Lipinski definition) is 3. The molecular weight excluding hydrogens is 482 g/mol. The Morgan fingerprint density at radius 1 is 0.842 bits per heavy atom. The molecule has 2 aromatic carbocycles. The maximum absolute atomic E-state index is 12.7. The average molecular weight is 520 g/mol. The lowest BCUT2D eigenvalue weighted by molar-refractivity contribution is 0.0397. The van der Waals surface area contributed by atoms with Crippen LogP contribution in [-0.4, -0.2) is 46.1 Å². The summed E-state index contributed by atoms with van der Waals surface area (Å²) in [5.74, 6) is 0. The number of rotatable bonds is 11. The second-order valence-corrected chi connectivity index (χ2v) is 10.2. The largest absolute Gasteiger partial charge is 0.445 e. The van der Waals surface area contributed by atoms with E-state index in [1.807, 2.05) is 66.7 Å². The molecule has 0 bridgehead atoms. The lowest BCUT2D eigenvalue weighted by Gasteiger charge is -2.29. The van der Waals surface area contributed by atoms with Crippen molar-refractivity contribution in [1.29, 1.82) is 0 Å². The Kier molecular flexibility index (Phi) is 10.7. The number of benzene rings is 2. The summed E-state index contributed by atoms with van der Waals surface area (Å²) in [6, 6.07) is 21.8. The average Bonchev–Trinajstić information content (AvgIpc) is 2.88. The molecule has 0 saturated heterocycles. The van der Waals surface area contributed by atoms with Crippen molar-refractivity contribution in [2.45, 2.75) is 70.4 Å². The summed E-state index contributed by atoms with van der Waals surface area (Å²) in [6.07, 6.45) is 2.16. The van der Waals surface area contributed by atoms with Gasteiger partial charge in [-0.2, -0.15) is 0 Å². The molecule has 1 heterocycles. The van der Waals surface area contributed by atoms with Crippen molar-refractivity contribution in [1.82, 2.24) is 15.6 Å². The van der Waals surface area contributed by atoms with Crippen LogP contribution in [-0.2, 0) is 28.9 Å². The van der Waals surface area contributed by atoms with Crippen LogP contribution in [0.2, 0.25) is 0 Å². The number of carbonyl (C=O) groups excluding carboxylic acids is 2. The molecule has 0 unspecified atom stereocenters. The van der Waals surface area contributed by atoms with Crippen molar-refractivity contribution in [2.75, 3.05) is 0 Å². The minimum atomic E-state index is -0.977. The highest BCUT2D eigenvalue weighted by Crippen LogP contribution is 2.15. The summed E-state index contributed by atoms with van der Waals surface area (Å²) >= 11 is 0. The molecule has 3 aromatic rings. The molecule has 0 fully saturated rings. The Morgan fingerprint density at radius 3 is 2.03 bits per heavy atom. The van der Waals surface area contributed by atoms with E-state index in [9.17, 15) is 14.7 Å². The zero-order chi connectivity index (χ0) is 27.4. The van der Waals surface area contributed by atoms with Crippen molar-refractivity contribution in [3.05, 3.63) is 102 Å². The third-order valence-electron chi connectivity index (χ3n) is 5.73. The topological polar surface area (TPSA) is 110 Å². The van der Waals surface area contributed by atoms with E-state index in [1.54, 1.807) is 39.2 Å². The van der Waals surface area contributed by atoms with Crippen molar-refractivity contribution in [2.24, 2.45) is 0 Å². The van der Waals surface area contributed by atoms with Crippen molar-refractivity contribution in [3.8, 4) is 0 Å². The molecular formula is C30H37N3O5. The standard InChI is InChI=1S/C30H37N3O5/c1-30(2,3)38-29(36)33-26(18-23-13-8-5-9-14-23)27(34)19-25(17-22-11-6-4-7-12-22)32-28(35)37-21-24-15-10-16-31-20-24/h4-16,20,25-27,34H,17-19,21H2,1-3H3,(H,32,35)(H,33,36)/t25-,26-,27-/m0/s1. The molecule has 0 saturated carbocycles. The molecule has 0 aliphatic heterocycles. The fraction of sp³-hybridized carbons (Fsp3) is 0.367. The summed E-state index contributed by atoms with van der Waals surface area (Å²) in [6.45, 7) is 5.43. The number of aliphatic hydroxyl groups excluding tert-OH is 1. The molecule has 3 rings (SSSR count). The summed E-state index contributed by atoms with van der Waals surface area (Å²) in [4.78, 5) is 29.3. The molecule has 202 valence electrons. The van der Waals surface area contributed by atoms with E-state index in [2.05, 4.69) is 15.6 Å². The van der Waals surface area contributed by atoms with E-state index in [0.29, 0.717) is 12.8 Å². The number of nitrogens with one attached hydrogen (secondary N) is 2. The Balaban J connectivity index is 1.72. The van der Waals surface area contributed by atoms with Gasteiger partial charge >= 0.3 is 12.2 Å². The van der Waals surface area contributed by atoms with Crippen LogP contribution in [0.25, 0.3) is 0 Å².